The third kappa shape index (κ3) is 5.75. The maximum atomic E-state index is 12.1. The fourth-order valence-corrected chi connectivity index (χ4v) is 2.51. The first kappa shape index (κ1) is 16.9. The predicted octanol–water partition coefficient (Wildman–Crippen LogP) is -0.190. The molecule has 0 fully saturated rings. The first-order chi connectivity index (χ1) is 9.85. The molecule has 0 bridgehead atoms. The van der Waals surface area contributed by atoms with Crippen LogP contribution in [0.2, 0.25) is 0 Å². The maximum Gasteiger partial charge on any atom is 0.421 e. The molecule has 0 aromatic carbocycles. The van der Waals surface area contributed by atoms with E-state index >= 15 is 0 Å². The van der Waals surface area contributed by atoms with Gasteiger partial charge in [0.25, 0.3) is 0 Å². The van der Waals surface area contributed by atoms with Crippen LogP contribution in [0.1, 0.15) is 12.0 Å². The molecule has 4 N–H and O–H groups in total. The fourth-order valence-electron chi connectivity index (χ4n) is 1.44. The van der Waals surface area contributed by atoms with Crippen molar-refractivity contribution in [3.8, 4) is 0 Å². The molecule has 1 aromatic rings. The van der Waals surface area contributed by atoms with E-state index in [9.17, 15) is 13.2 Å². The molecule has 1 aromatic heterocycles. The Morgan fingerprint density at radius 2 is 2.29 bits per heavy atom. The van der Waals surface area contributed by atoms with Crippen molar-refractivity contribution in [2.45, 2.75) is 13.0 Å². The molecule has 21 heavy (non-hydrogen) atoms. The van der Waals surface area contributed by atoms with Crippen molar-refractivity contribution >= 4 is 22.1 Å². The zero-order valence-electron chi connectivity index (χ0n) is 11.4. The number of pyridine rings is 1. The summed E-state index contributed by atoms with van der Waals surface area (Å²) >= 11 is 0. The standard InChI is InChI=1S/C11H17N5O4S/c1-20-11(17)15-21(18,19)16(6-4-10(12)13)8-9-3-2-5-14-7-9/h2-3,5,7H,4,6,8H2,1H3,(H3,12,13)(H,15,17). The number of aromatic nitrogens is 1. The summed E-state index contributed by atoms with van der Waals surface area (Å²) in [6.07, 6.45) is 2.02. The molecule has 116 valence electrons. The van der Waals surface area contributed by atoms with Gasteiger partial charge in [-0.15, -0.1) is 0 Å². The normalized spacial score (nSPS) is 11.1. The first-order valence-electron chi connectivity index (χ1n) is 5.93. The molecule has 0 unspecified atom stereocenters. The van der Waals surface area contributed by atoms with E-state index in [1.54, 1.807) is 23.1 Å². The number of carbonyl (C=O) groups is 1. The first-order valence-corrected chi connectivity index (χ1v) is 7.37. The third-order valence-corrected chi connectivity index (χ3v) is 3.87. The van der Waals surface area contributed by atoms with Crippen LogP contribution in [0.4, 0.5) is 4.79 Å². The third-order valence-electron chi connectivity index (χ3n) is 2.45. The molecule has 0 aliphatic rings. The Kier molecular flexibility index (Phi) is 6.06. The van der Waals surface area contributed by atoms with Crippen molar-refractivity contribution in [2.75, 3.05) is 13.7 Å². The molecule has 1 rings (SSSR count). The van der Waals surface area contributed by atoms with Crippen LogP contribution in [-0.4, -0.2) is 43.3 Å². The maximum absolute atomic E-state index is 12.1. The topological polar surface area (TPSA) is 138 Å². The summed E-state index contributed by atoms with van der Waals surface area (Å²) in [5.74, 6) is -0.153. The number of nitrogens with zero attached hydrogens (tertiary/aromatic N) is 2. The molecule has 0 radical (unpaired) electrons. The minimum absolute atomic E-state index is 0.00650. The monoisotopic (exact) mass is 315 g/mol. The van der Waals surface area contributed by atoms with Crippen molar-refractivity contribution in [2.24, 2.45) is 5.73 Å². The van der Waals surface area contributed by atoms with Crippen LogP contribution in [0.25, 0.3) is 0 Å². The zero-order valence-corrected chi connectivity index (χ0v) is 12.3. The van der Waals surface area contributed by atoms with Crippen LogP contribution in [0.3, 0.4) is 0 Å². The molecule has 0 saturated carbocycles. The number of nitrogens with two attached hydrogens (primary N) is 1. The molecule has 10 heteroatoms. The zero-order chi connectivity index (χ0) is 15.9. The number of nitrogens with one attached hydrogen (secondary N) is 2. The quantitative estimate of drug-likeness (QED) is 0.471. The van der Waals surface area contributed by atoms with E-state index in [0.29, 0.717) is 5.56 Å². The van der Waals surface area contributed by atoms with Crippen molar-refractivity contribution < 1.29 is 17.9 Å². The number of hydrogen-bond donors (Lipinski definition) is 3. The van der Waals surface area contributed by atoms with Gasteiger partial charge in [-0.2, -0.15) is 12.7 Å². The van der Waals surface area contributed by atoms with Crippen LogP contribution >= 0.6 is 0 Å². The van der Waals surface area contributed by atoms with Gasteiger partial charge in [0, 0.05) is 31.9 Å². The van der Waals surface area contributed by atoms with Gasteiger partial charge in [-0.1, -0.05) is 6.07 Å². The highest BCUT2D eigenvalue weighted by atomic mass is 32.2. The van der Waals surface area contributed by atoms with Crippen LogP contribution < -0.4 is 10.5 Å². The number of hydrogen-bond acceptors (Lipinski definition) is 6. The highest BCUT2D eigenvalue weighted by Gasteiger charge is 2.24. The SMILES string of the molecule is COC(=O)NS(=O)(=O)N(CCC(=N)N)Cc1cccnc1. The Bertz CT molecular complexity index is 590. The largest absolute Gasteiger partial charge is 0.452 e. The van der Waals surface area contributed by atoms with Crippen molar-refractivity contribution in [1.29, 1.82) is 5.41 Å². The lowest BCUT2D eigenvalue weighted by atomic mass is 10.3. The second-order valence-electron chi connectivity index (χ2n) is 4.07. The molecular weight excluding hydrogens is 298 g/mol. The number of carbonyl (C=O) groups excluding carboxylic acids is 1. The van der Waals surface area contributed by atoms with Crippen molar-refractivity contribution in [3.63, 3.8) is 0 Å². The predicted molar refractivity (Wildman–Crippen MR) is 75.6 cm³/mol. The van der Waals surface area contributed by atoms with Gasteiger partial charge in [0.1, 0.15) is 0 Å². The summed E-state index contributed by atoms with van der Waals surface area (Å²) in [4.78, 5) is 15.0. The second kappa shape index (κ2) is 7.55. The van der Waals surface area contributed by atoms with E-state index in [4.69, 9.17) is 11.1 Å². The van der Waals surface area contributed by atoms with Gasteiger partial charge in [-0.25, -0.2) is 9.52 Å². The Morgan fingerprint density at radius 1 is 1.57 bits per heavy atom. The van der Waals surface area contributed by atoms with Crippen LogP contribution in [0, 0.1) is 5.41 Å². The molecular formula is C11H17N5O4S. The van der Waals surface area contributed by atoms with Gasteiger partial charge in [0.15, 0.2) is 0 Å². The summed E-state index contributed by atoms with van der Waals surface area (Å²) in [6.45, 7) is -0.0516. The Labute approximate surface area is 122 Å². The molecule has 0 spiro atoms. The van der Waals surface area contributed by atoms with Gasteiger partial charge in [0.05, 0.1) is 12.9 Å². The van der Waals surface area contributed by atoms with E-state index in [1.165, 1.54) is 6.20 Å². The smallest absolute Gasteiger partial charge is 0.421 e. The molecule has 1 amide bonds. The van der Waals surface area contributed by atoms with Crippen LogP contribution in [0.15, 0.2) is 24.5 Å². The minimum Gasteiger partial charge on any atom is -0.452 e. The summed E-state index contributed by atoms with van der Waals surface area (Å²) < 4.78 is 31.2. The molecule has 0 aliphatic carbocycles. The van der Waals surface area contributed by atoms with Gasteiger partial charge in [-0.3, -0.25) is 10.4 Å². The highest BCUT2D eigenvalue weighted by Crippen LogP contribution is 2.08. The average molecular weight is 315 g/mol. The van der Waals surface area contributed by atoms with E-state index in [-0.39, 0.29) is 25.3 Å². The summed E-state index contributed by atoms with van der Waals surface area (Å²) in [5.41, 5.74) is 5.88. The number of methoxy groups -OCH3 is 1. The van der Waals surface area contributed by atoms with Crippen LogP contribution in [-0.2, 0) is 21.5 Å². The Hall–Kier alpha value is -2.20. The fraction of sp³-hybridized carbons (Fsp3) is 0.364. The number of amidine groups is 1. The van der Waals surface area contributed by atoms with E-state index < -0.39 is 16.3 Å². The van der Waals surface area contributed by atoms with Crippen LogP contribution in [0.5, 0.6) is 0 Å². The minimum atomic E-state index is -4.10. The summed E-state index contributed by atoms with van der Waals surface area (Å²) in [6, 6.07) is 3.36. The highest BCUT2D eigenvalue weighted by molar-refractivity contribution is 7.87. The van der Waals surface area contributed by atoms with E-state index in [2.05, 4.69) is 9.72 Å². The lowest BCUT2D eigenvalue weighted by Crippen LogP contribution is -2.44. The Balaban J connectivity index is 2.90. The molecule has 9 nitrogen and oxygen atoms in total. The number of rotatable bonds is 7. The van der Waals surface area contributed by atoms with Gasteiger partial charge in [0.2, 0.25) is 0 Å². The molecule has 0 atom stereocenters. The summed E-state index contributed by atoms with van der Waals surface area (Å²) in [5, 5.41) is 7.18. The summed E-state index contributed by atoms with van der Waals surface area (Å²) in [7, 11) is -3.04. The van der Waals surface area contributed by atoms with E-state index in [0.717, 1.165) is 11.4 Å². The van der Waals surface area contributed by atoms with Gasteiger partial charge in [-0.05, 0) is 11.6 Å². The van der Waals surface area contributed by atoms with Crippen molar-refractivity contribution in [3.05, 3.63) is 30.1 Å². The molecule has 1 heterocycles. The average Bonchev–Trinajstić information content (AvgIpc) is 2.43. The van der Waals surface area contributed by atoms with Gasteiger partial charge < -0.3 is 10.5 Å². The lowest BCUT2D eigenvalue weighted by molar-refractivity contribution is 0.177. The van der Waals surface area contributed by atoms with E-state index in [1.807, 2.05) is 0 Å². The van der Waals surface area contributed by atoms with Gasteiger partial charge >= 0.3 is 16.3 Å². The second-order valence-corrected chi connectivity index (χ2v) is 5.74. The van der Waals surface area contributed by atoms with Crippen molar-refractivity contribution in [1.82, 2.24) is 14.0 Å². The molecule has 0 saturated heterocycles. The number of amides is 1. The lowest BCUT2D eigenvalue weighted by Gasteiger charge is -2.21. The molecule has 0 aliphatic heterocycles. The Morgan fingerprint density at radius 3 is 2.81 bits per heavy atom. The number of ether oxygens (including phenoxy) is 1.